The number of ether oxygens (including phenoxy) is 3. The van der Waals surface area contributed by atoms with Gasteiger partial charge in [-0.25, -0.2) is 9.59 Å². The zero-order chi connectivity index (χ0) is 18.6. The summed E-state index contributed by atoms with van der Waals surface area (Å²) >= 11 is 0. The number of rotatable bonds is 0. The van der Waals surface area contributed by atoms with E-state index in [0.717, 1.165) is 18.5 Å². The van der Waals surface area contributed by atoms with Crippen LogP contribution in [-0.4, -0.2) is 36.6 Å². The van der Waals surface area contributed by atoms with Gasteiger partial charge >= 0.3 is 12.1 Å². The zero-order valence-electron chi connectivity index (χ0n) is 15.5. The number of benzene rings is 1. The summed E-state index contributed by atoms with van der Waals surface area (Å²) in [5.74, 6) is -1.06. The lowest BCUT2D eigenvalue weighted by atomic mass is 9.69. The Hall–Kier alpha value is -2.08. The van der Waals surface area contributed by atoms with Crippen molar-refractivity contribution in [1.29, 1.82) is 0 Å². The highest BCUT2D eigenvalue weighted by Gasteiger charge is 2.54. The van der Waals surface area contributed by atoms with Crippen molar-refractivity contribution in [2.45, 2.75) is 63.3 Å². The van der Waals surface area contributed by atoms with Crippen molar-refractivity contribution in [3.8, 4) is 0 Å². The molecule has 1 aromatic rings. The summed E-state index contributed by atoms with van der Waals surface area (Å²) in [6, 6.07) is 8.03. The van der Waals surface area contributed by atoms with Gasteiger partial charge in [-0.2, -0.15) is 0 Å². The highest BCUT2D eigenvalue weighted by Crippen LogP contribution is 2.52. The lowest BCUT2D eigenvalue weighted by molar-refractivity contribution is -0.191. The number of carbonyl (C=O) groups is 2. The van der Waals surface area contributed by atoms with E-state index < -0.39 is 11.4 Å². The normalized spacial score (nSPS) is 30.6. The Bertz CT molecular complexity index is 743. The minimum absolute atomic E-state index is 0.0353. The molecule has 1 saturated carbocycles. The van der Waals surface area contributed by atoms with Gasteiger partial charge in [0.15, 0.2) is 0 Å². The average molecular weight is 359 g/mol. The first-order valence-corrected chi connectivity index (χ1v) is 9.18. The van der Waals surface area contributed by atoms with Crippen LogP contribution in [0.1, 0.15) is 52.0 Å². The molecule has 1 saturated heterocycles. The number of hydrogen-bond donors (Lipinski definition) is 0. The lowest BCUT2D eigenvalue weighted by Gasteiger charge is -2.41. The van der Waals surface area contributed by atoms with Crippen LogP contribution in [0.2, 0.25) is 0 Å². The number of amides is 1. The van der Waals surface area contributed by atoms with Crippen molar-refractivity contribution in [3.05, 3.63) is 29.8 Å². The minimum atomic E-state index is -0.767. The number of esters is 1. The van der Waals surface area contributed by atoms with Gasteiger partial charge in [-0.3, -0.25) is 4.90 Å². The maximum Gasteiger partial charge on any atom is 0.414 e. The second-order valence-electron chi connectivity index (χ2n) is 8.54. The molecular weight excluding hydrogens is 334 g/mol. The molecule has 140 valence electrons. The molecule has 0 radical (unpaired) electrons. The van der Waals surface area contributed by atoms with E-state index in [9.17, 15) is 9.59 Å². The molecule has 2 heterocycles. The van der Waals surface area contributed by atoms with Gasteiger partial charge in [0.25, 0.3) is 0 Å². The van der Waals surface area contributed by atoms with Gasteiger partial charge < -0.3 is 14.2 Å². The molecular formula is C20H25NO5. The van der Waals surface area contributed by atoms with Crippen LogP contribution >= 0.6 is 0 Å². The quantitative estimate of drug-likeness (QED) is 0.663. The summed E-state index contributed by atoms with van der Waals surface area (Å²) in [6.45, 7) is 6.25. The van der Waals surface area contributed by atoms with Crippen LogP contribution in [0.3, 0.4) is 0 Å². The molecule has 0 N–H and O–H groups in total. The van der Waals surface area contributed by atoms with Gasteiger partial charge in [-0.1, -0.05) is 18.2 Å². The van der Waals surface area contributed by atoms with E-state index in [1.165, 1.54) is 5.56 Å². The molecule has 6 heteroatoms. The smallest absolute Gasteiger partial charge is 0.414 e. The first-order valence-electron chi connectivity index (χ1n) is 9.18. The van der Waals surface area contributed by atoms with Crippen LogP contribution in [0, 0.1) is 0 Å². The first kappa shape index (κ1) is 17.3. The Morgan fingerprint density at radius 3 is 2.46 bits per heavy atom. The van der Waals surface area contributed by atoms with E-state index >= 15 is 0 Å². The third-order valence-corrected chi connectivity index (χ3v) is 5.56. The lowest BCUT2D eigenvalue weighted by Crippen LogP contribution is -2.46. The maximum atomic E-state index is 12.8. The number of anilines is 1. The van der Waals surface area contributed by atoms with E-state index in [0.29, 0.717) is 19.4 Å². The van der Waals surface area contributed by atoms with Crippen LogP contribution < -0.4 is 4.90 Å². The molecule has 2 aliphatic heterocycles. The Kier molecular flexibility index (Phi) is 3.81. The molecule has 0 bridgehead atoms. The van der Waals surface area contributed by atoms with Crippen molar-refractivity contribution in [1.82, 2.24) is 0 Å². The Morgan fingerprint density at radius 1 is 1.15 bits per heavy atom. The van der Waals surface area contributed by atoms with Crippen LogP contribution in [0.15, 0.2) is 24.3 Å². The van der Waals surface area contributed by atoms with Gasteiger partial charge in [0.1, 0.15) is 12.2 Å². The molecule has 2 spiro atoms. The van der Waals surface area contributed by atoms with Crippen LogP contribution in [-0.2, 0) is 24.4 Å². The summed E-state index contributed by atoms with van der Waals surface area (Å²) in [4.78, 5) is 26.0. The zero-order valence-corrected chi connectivity index (χ0v) is 15.5. The first-order chi connectivity index (χ1) is 12.2. The van der Waals surface area contributed by atoms with Gasteiger partial charge in [0.05, 0.1) is 5.69 Å². The van der Waals surface area contributed by atoms with Crippen molar-refractivity contribution >= 4 is 17.7 Å². The molecule has 3 aliphatic rings. The Balaban J connectivity index is 1.59. The van der Waals surface area contributed by atoms with Crippen LogP contribution in [0.5, 0.6) is 0 Å². The third-order valence-electron chi connectivity index (χ3n) is 5.56. The molecule has 6 nitrogen and oxygen atoms in total. The topological polar surface area (TPSA) is 65.1 Å². The number of fused-ring (bicyclic) bond motifs is 2. The largest absolute Gasteiger partial charge is 0.443 e. The molecule has 0 unspecified atom stereocenters. The van der Waals surface area contributed by atoms with Crippen molar-refractivity contribution in [2.75, 3.05) is 18.1 Å². The van der Waals surface area contributed by atoms with E-state index in [1.54, 1.807) is 4.90 Å². The van der Waals surface area contributed by atoms with Gasteiger partial charge in [0, 0.05) is 24.8 Å². The molecule has 1 aromatic carbocycles. The monoisotopic (exact) mass is 359 g/mol. The summed E-state index contributed by atoms with van der Waals surface area (Å²) in [7, 11) is 0. The number of para-hydroxylation sites is 1. The fourth-order valence-corrected chi connectivity index (χ4v) is 4.35. The number of nitrogens with zero attached hydrogens (tertiary/aromatic N) is 1. The fraction of sp³-hybridized carbons (Fsp3) is 0.600. The minimum Gasteiger partial charge on any atom is -0.443 e. The van der Waals surface area contributed by atoms with Gasteiger partial charge in [0.2, 0.25) is 5.79 Å². The molecule has 0 aromatic heterocycles. The SMILES string of the molecule is CC(C)(C)OC(=O)N1CC2(CCC3(CC2)OCC(=O)O3)c2ccccc21. The number of hydrogen-bond acceptors (Lipinski definition) is 5. The molecule has 2 fully saturated rings. The Morgan fingerprint density at radius 2 is 1.85 bits per heavy atom. The van der Waals surface area contributed by atoms with Crippen molar-refractivity contribution in [2.24, 2.45) is 0 Å². The van der Waals surface area contributed by atoms with Crippen LogP contribution in [0.25, 0.3) is 0 Å². The molecule has 4 rings (SSSR count). The predicted octanol–water partition coefficient (Wildman–Crippen LogP) is 3.52. The number of carbonyl (C=O) groups excluding carboxylic acids is 2. The molecule has 0 atom stereocenters. The van der Waals surface area contributed by atoms with Crippen LogP contribution in [0.4, 0.5) is 10.5 Å². The summed E-state index contributed by atoms with van der Waals surface area (Å²) in [5, 5.41) is 0. The average Bonchev–Trinajstić information content (AvgIpc) is 3.09. The predicted molar refractivity (Wildman–Crippen MR) is 94.9 cm³/mol. The van der Waals surface area contributed by atoms with Crippen molar-refractivity contribution in [3.63, 3.8) is 0 Å². The highest BCUT2D eigenvalue weighted by atomic mass is 16.8. The third kappa shape index (κ3) is 2.86. The summed E-state index contributed by atoms with van der Waals surface area (Å²) in [6.07, 6.45) is 2.59. The van der Waals surface area contributed by atoms with Crippen molar-refractivity contribution < 1.29 is 23.8 Å². The summed E-state index contributed by atoms with van der Waals surface area (Å²) < 4.78 is 16.7. The van der Waals surface area contributed by atoms with Gasteiger partial charge in [-0.05, 0) is 45.2 Å². The molecule has 26 heavy (non-hydrogen) atoms. The second kappa shape index (κ2) is 5.71. The van der Waals surface area contributed by atoms with Gasteiger partial charge in [-0.15, -0.1) is 0 Å². The molecule has 1 amide bonds. The van der Waals surface area contributed by atoms with E-state index in [2.05, 4.69) is 6.07 Å². The standard InChI is InChI=1S/C20H25NO5/c1-18(2,3)26-17(23)21-13-19(14-6-4-5-7-15(14)21)8-10-20(11-9-19)24-12-16(22)25-20/h4-7H,8-13H2,1-3H3. The maximum absolute atomic E-state index is 12.8. The highest BCUT2D eigenvalue weighted by molar-refractivity contribution is 5.91. The van der Waals surface area contributed by atoms with E-state index in [4.69, 9.17) is 14.2 Å². The van der Waals surface area contributed by atoms with E-state index in [1.807, 2.05) is 39.0 Å². The van der Waals surface area contributed by atoms with E-state index in [-0.39, 0.29) is 24.1 Å². The molecule has 1 aliphatic carbocycles. The fourth-order valence-electron chi connectivity index (χ4n) is 4.35. The Labute approximate surface area is 153 Å². The summed E-state index contributed by atoms with van der Waals surface area (Å²) in [5.41, 5.74) is 1.41. The second-order valence-corrected chi connectivity index (χ2v) is 8.54.